The van der Waals surface area contributed by atoms with E-state index >= 15 is 0 Å². The highest BCUT2D eigenvalue weighted by atomic mass is 32.2. The summed E-state index contributed by atoms with van der Waals surface area (Å²) >= 11 is 1.38. The molecule has 2 aliphatic heterocycles. The molecule has 0 unspecified atom stereocenters. The lowest BCUT2D eigenvalue weighted by atomic mass is 10.0. The van der Waals surface area contributed by atoms with E-state index in [4.69, 9.17) is 5.41 Å². The zero-order chi connectivity index (χ0) is 20.9. The molecule has 1 aromatic carbocycles. The monoisotopic (exact) mass is 404 g/mol. The van der Waals surface area contributed by atoms with Crippen LogP contribution in [0, 0.1) is 19.3 Å². The van der Waals surface area contributed by atoms with Crippen LogP contribution < -0.4 is 0 Å². The first kappa shape index (κ1) is 19.5. The molecule has 0 bridgehead atoms. The molecular weight excluding hydrogens is 380 g/mol. The number of rotatable bonds is 3. The van der Waals surface area contributed by atoms with Crippen LogP contribution in [0.2, 0.25) is 0 Å². The van der Waals surface area contributed by atoms with Crippen molar-refractivity contribution in [3.05, 3.63) is 69.5 Å². The summed E-state index contributed by atoms with van der Waals surface area (Å²) < 4.78 is 2.18. The minimum absolute atomic E-state index is 0.185. The van der Waals surface area contributed by atoms with E-state index in [0.29, 0.717) is 16.7 Å². The minimum atomic E-state index is -0.358. The Hall–Kier alpha value is -2.86. The van der Waals surface area contributed by atoms with Crippen molar-refractivity contribution < 1.29 is 4.79 Å². The van der Waals surface area contributed by atoms with Gasteiger partial charge in [0.2, 0.25) is 0 Å². The summed E-state index contributed by atoms with van der Waals surface area (Å²) in [7, 11) is 0. The molecule has 0 saturated heterocycles. The fourth-order valence-electron chi connectivity index (χ4n) is 3.74. The maximum absolute atomic E-state index is 12.6. The molecule has 148 valence electrons. The van der Waals surface area contributed by atoms with Gasteiger partial charge in [0.25, 0.3) is 5.91 Å². The fourth-order valence-corrected chi connectivity index (χ4v) is 4.59. The number of thioether (sulfide) groups is 1. The number of carbonyl (C=O) groups is 1. The Morgan fingerprint density at radius 3 is 2.48 bits per heavy atom. The first-order chi connectivity index (χ1) is 13.8. The van der Waals surface area contributed by atoms with Gasteiger partial charge in [0.15, 0.2) is 5.17 Å². The van der Waals surface area contributed by atoms with Crippen molar-refractivity contribution >= 4 is 34.7 Å². The molecule has 0 saturated carbocycles. The number of aromatic nitrogens is 1. The average molecular weight is 405 g/mol. The van der Waals surface area contributed by atoms with Gasteiger partial charge in [-0.3, -0.25) is 15.1 Å². The van der Waals surface area contributed by atoms with Crippen LogP contribution in [0.1, 0.15) is 49.2 Å². The zero-order valence-electron chi connectivity index (χ0n) is 17.3. The smallest absolute Gasteiger partial charge is 0.283 e. The predicted octanol–water partition coefficient (Wildman–Crippen LogP) is 5.38. The van der Waals surface area contributed by atoms with Gasteiger partial charge in [-0.15, -0.1) is 0 Å². The third-order valence-corrected chi connectivity index (χ3v) is 6.32. The van der Waals surface area contributed by atoms with Gasteiger partial charge in [0, 0.05) is 22.8 Å². The Morgan fingerprint density at radius 1 is 1.14 bits per heavy atom. The molecule has 2 aliphatic rings. The number of fused-ring (bicyclic) bond motifs is 1. The summed E-state index contributed by atoms with van der Waals surface area (Å²) in [5, 5.41) is 11.0. The molecule has 0 atom stereocenters. The lowest BCUT2D eigenvalue weighted by Crippen LogP contribution is -2.37. The van der Waals surface area contributed by atoms with Crippen molar-refractivity contribution in [1.82, 2.24) is 9.47 Å². The first-order valence-corrected chi connectivity index (χ1v) is 10.5. The normalized spacial score (nSPS) is 17.9. The van der Waals surface area contributed by atoms with E-state index in [1.807, 2.05) is 19.3 Å². The second kappa shape index (κ2) is 7.19. The van der Waals surface area contributed by atoms with Gasteiger partial charge >= 0.3 is 0 Å². The van der Waals surface area contributed by atoms with E-state index in [0.717, 1.165) is 28.3 Å². The van der Waals surface area contributed by atoms with Crippen LogP contribution in [0.3, 0.4) is 0 Å². The number of amides is 1. The summed E-state index contributed by atoms with van der Waals surface area (Å²) in [6, 6.07) is 10.6. The van der Waals surface area contributed by atoms with Gasteiger partial charge in [-0.1, -0.05) is 37.7 Å². The van der Waals surface area contributed by atoms with Crippen LogP contribution in [0.4, 0.5) is 0 Å². The summed E-state index contributed by atoms with van der Waals surface area (Å²) in [5.74, 6) is 0.319. The second-order valence-corrected chi connectivity index (χ2v) is 8.56. The van der Waals surface area contributed by atoms with Gasteiger partial charge in [0.05, 0.1) is 5.57 Å². The number of benzene rings is 1. The van der Waals surface area contributed by atoms with E-state index in [9.17, 15) is 4.79 Å². The third kappa shape index (κ3) is 3.27. The topological polar surface area (TPSA) is 61.5 Å². The molecule has 1 N–H and O–H groups in total. The maximum atomic E-state index is 12.6. The second-order valence-electron chi connectivity index (χ2n) is 7.73. The Labute approximate surface area is 175 Å². The van der Waals surface area contributed by atoms with Crippen LogP contribution in [0.25, 0.3) is 11.8 Å². The van der Waals surface area contributed by atoms with Gasteiger partial charge in [-0.05, 0) is 67.5 Å². The quantitative estimate of drug-likeness (QED) is 0.698. The Balaban J connectivity index is 1.74. The molecule has 5 nitrogen and oxygen atoms in total. The van der Waals surface area contributed by atoms with E-state index in [-0.39, 0.29) is 11.7 Å². The van der Waals surface area contributed by atoms with Crippen molar-refractivity contribution in [3.63, 3.8) is 0 Å². The van der Waals surface area contributed by atoms with Gasteiger partial charge in [-0.25, -0.2) is 0 Å². The molecule has 29 heavy (non-hydrogen) atoms. The zero-order valence-corrected chi connectivity index (χ0v) is 18.1. The number of aryl methyl sites for hydroxylation is 1. The highest BCUT2D eigenvalue weighted by Gasteiger charge is 2.34. The molecular formula is C23H24N4OS. The molecule has 4 rings (SSSR count). The lowest BCUT2D eigenvalue weighted by Gasteiger charge is -2.25. The van der Waals surface area contributed by atoms with Crippen molar-refractivity contribution in [2.24, 2.45) is 4.99 Å². The van der Waals surface area contributed by atoms with E-state index in [2.05, 4.69) is 60.7 Å². The van der Waals surface area contributed by atoms with E-state index < -0.39 is 0 Å². The Morgan fingerprint density at radius 2 is 1.83 bits per heavy atom. The van der Waals surface area contributed by atoms with Crippen molar-refractivity contribution in [2.45, 2.75) is 40.5 Å². The van der Waals surface area contributed by atoms with E-state index in [1.165, 1.54) is 17.3 Å². The van der Waals surface area contributed by atoms with Crippen molar-refractivity contribution in [1.29, 1.82) is 5.41 Å². The number of carbonyl (C=O) groups excluding carboxylic acids is 1. The molecule has 0 fully saturated rings. The minimum Gasteiger partial charge on any atom is -0.318 e. The van der Waals surface area contributed by atoms with Crippen molar-refractivity contribution in [3.8, 4) is 5.69 Å². The lowest BCUT2D eigenvalue weighted by molar-refractivity contribution is -0.114. The van der Waals surface area contributed by atoms with Gasteiger partial charge in [0.1, 0.15) is 5.84 Å². The number of hydrogen-bond acceptors (Lipinski definition) is 3. The van der Waals surface area contributed by atoms with Gasteiger partial charge < -0.3 is 4.57 Å². The number of nitrogens with one attached hydrogen (secondary N) is 1. The number of nitrogens with zero attached hydrogens (tertiary/aromatic N) is 3. The van der Waals surface area contributed by atoms with Crippen LogP contribution in [-0.2, 0) is 4.79 Å². The SMILES string of the molecule is CC1=CSC2=NC(=O)/C(=C\c3cc(C)n(-c4ccc(C(C)C)cc4)c3C)C(=N)N12. The van der Waals surface area contributed by atoms with Crippen molar-refractivity contribution in [2.75, 3.05) is 0 Å². The highest BCUT2D eigenvalue weighted by Crippen LogP contribution is 2.32. The summed E-state index contributed by atoms with van der Waals surface area (Å²) in [6.07, 6.45) is 1.79. The molecule has 6 heteroatoms. The standard InChI is InChI=1S/C23H24N4OS/c1-13(2)17-6-8-19(9-7-17)26-14(3)10-18(16(26)5)11-20-21(24)27-15(4)12-29-23(27)25-22(20)28/h6-13,24H,1-5H3/b20-11-,24-21?. The Bertz CT molecular complexity index is 1120. The number of hydrogen-bond donors (Lipinski definition) is 1. The third-order valence-electron chi connectivity index (χ3n) is 5.37. The first-order valence-electron chi connectivity index (χ1n) is 9.64. The van der Waals surface area contributed by atoms with Crippen LogP contribution in [-0.4, -0.2) is 26.4 Å². The predicted molar refractivity (Wildman–Crippen MR) is 121 cm³/mol. The molecule has 2 aromatic rings. The molecule has 3 heterocycles. The van der Waals surface area contributed by atoms with Gasteiger partial charge in [-0.2, -0.15) is 4.99 Å². The molecule has 0 spiro atoms. The summed E-state index contributed by atoms with van der Waals surface area (Å²) in [4.78, 5) is 18.5. The maximum Gasteiger partial charge on any atom is 0.283 e. The number of aliphatic imine (C=N–C) groups is 1. The average Bonchev–Trinajstić information content (AvgIpc) is 3.18. The van der Waals surface area contributed by atoms with Crippen LogP contribution >= 0.6 is 11.8 Å². The molecule has 0 aliphatic carbocycles. The largest absolute Gasteiger partial charge is 0.318 e. The van der Waals surface area contributed by atoms with Crippen LogP contribution in [0.15, 0.2) is 52.0 Å². The Kier molecular flexibility index (Phi) is 4.82. The fraction of sp³-hybridized carbons (Fsp3) is 0.261. The molecule has 1 aromatic heterocycles. The number of allylic oxidation sites excluding steroid dienone is 1. The van der Waals surface area contributed by atoms with E-state index in [1.54, 1.807) is 11.0 Å². The summed E-state index contributed by atoms with van der Waals surface area (Å²) in [6.45, 7) is 10.4. The molecule has 0 radical (unpaired) electrons. The summed E-state index contributed by atoms with van der Waals surface area (Å²) in [5.41, 5.74) is 6.67. The van der Waals surface area contributed by atoms with Crippen LogP contribution in [0.5, 0.6) is 0 Å². The number of amidine groups is 2. The highest BCUT2D eigenvalue weighted by molar-refractivity contribution is 8.16. The molecule has 1 amide bonds.